The molecule has 12 heteroatoms. The van der Waals surface area contributed by atoms with E-state index in [1.807, 2.05) is 42.5 Å². The highest BCUT2D eigenvalue weighted by Gasteiger charge is 2.47. The topological polar surface area (TPSA) is 170 Å². The Hall–Kier alpha value is -4.94. The Morgan fingerprint density at radius 2 is 1.48 bits per heavy atom. The van der Waals surface area contributed by atoms with Crippen molar-refractivity contribution >= 4 is 27.8 Å². The van der Waals surface area contributed by atoms with Crippen molar-refractivity contribution in [3.05, 3.63) is 114 Å². The Balaban J connectivity index is 1.85. The molecule has 3 N–H and O–H groups in total. The fraction of sp³-hybridized carbons (Fsp3) is 0.306. The summed E-state index contributed by atoms with van der Waals surface area (Å²) in [5, 5.41) is 10.2. The van der Waals surface area contributed by atoms with Crippen LogP contribution in [-0.4, -0.2) is 58.0 Å². The number of aliphatic carboxylic acids is 1. The molecule has 0 bridgehead atoms. The van der Waals surface area contributed by atoms with Crippen LogP contribution in [0.15, 0.2) is 102 Å². The summed E-state index contributed by atoms with van der Waals surface area (Å²) in [6, 6.07) is 22.1. The van der Waals surface area contributed by atoms with E-state index in [9.17, 15) is 27.9 Å². The van der Waals surface area contributed by atoms with Crippen LogP contribution in [0.25, 0.3) is 11.1 Å². The normalized spacial score (nSPS) is 14.0. The lowest BCUT2D eigenvalue weighted by Crippen LogP contribution is -2.56. The van der Waals surface area contributed by atoms with E-state index in [0.717, 1.165) is 11.1 Å². The number of imide groups is 1. The Labute approximate surface area is 280 Å². The summed E-state index contributed by atoms with van der Waals surface area (Å²) in [5.74, 6) is -2.54. The maximum Gasteiger partial charge on any atom is 0.418 e. The fourth-order valence-electron chi connectivity index (χ4n) is 5.19. The van der Waals surface area contributed by atoms with E-state index >= 15 is 0 Å². The number of amides is 2. The monoisotopic (exact) mass is 672 g/mol. The quantitative estimate of drug-likeness (QED) is 0.220. The SMILES string of the molecule is CC(C)(C)OC(=O)N(C(=O)c1cccc(C(N)(Cc2ccc(-c3ccccc3)cc2)S(=O)(=O)c2cccnc2)n1)C(C(=O)O)C(C)(C)C. The largest absolute Gasteiger partial charge is 0.480 e. The molecule has 2 amide bonds. The zero-order chi connectivity index (χ0) is 35.5. The number of carboxylic acid groups (broad SMARTS) is 1. The van der Waals surface area contributed by atoms with Gasteiger partial charge in [-0.2, -0.15) is 0 Å². The van der Waals surface area contributed by atoms with Crippen LogP contribution < -0.4 is 5.73 Å². The van der Waals surface area contributed by atoms with Crippen LogP contribution >= 0.6 is 0 Å². The predicted molar refractivity (Wildman–Crippen MR) is 180 cm³/mol. The average molecular weight is 673 g/mol. The van der Waals surface area contributed by atoms with E-state index in [2.05, 4.69) is 9.97 Å². The van der Waals surface area contributed by atoms with Gasteiger partial charge in [-0.25, -0.2) is 27.9 Å². The molecular formula is C36H40N4O7S. The first kappa shape index (κ1) is 35.9. The number of nitrogens with two attached hydrogens (primary N) is 1. The number of nitrogens with zero attached hydrogens (tertiary/aromatic N) is 3. The Kier molecular flexibility index (Phi) is 10.2. The first-order valence-corrected chi connectivity index (χ1v) is 16.7. The van der Waals surface area contributed by atoms with Gasteiger partial charge in [0.2, 0.25) is 9.84 Å². The Morgan fingerprint density at radius 1 is 0.854 bits per heavy atom. The minimum absolute atomic E-state index is 0.166. The van der Waals surface area contributed by atoms with Gasteiger partial charge in [0.25, 0.3) is 5.91 Å². The molecule has 2 aromatic heterocycles. The van der Waals surface area contributed by atoms with Crippen molar-refractivity contribution in [2.45, 2.75) is 69.4 Å². The van der Waals surface area contributed by atoms with Crippen LogP contribution in [0.4, 0.5) is 4.79 Å². The van der Waals surface area contributed by atoms with Crippen molar-refractivity contribution < 1.29 is 32.6 Å². The lowest BCUT2D eigenvalue weighted by atomic mass is 9.85. The molecule has 2 atom stereocenters. The van der Waals surface area contributed by atoms with Gasteiger partial charge in [0.15, 0.2) is 4.87 Å². The molecule has 252 valence electrons. The standard InChI is InChI=1S/C36H40N4O7S/c1-34(2,3)30(32(42)43)40(33(44)47-35(4,5)6)31(41)28-15-10-16-29(39-28)36(37,48(45,46)27-14-11-21-38-23-27)22-24-17-19-26(20-18-24)25-12-8-7-9-13-25/h7-21,23,30H,22,37H2,1-6H3,(H,42,43). The average Bonchev–Trinajstić information content (AvgIpc) is 3.02. The van der Waals surface area contributed by atoms with Gasteiger partial charge in [0.05, 0.1) is 10.6 Å². The molecule has 2 aromatic carbocycles. The van der Waals surface area contributed by atoms with Gasteiger partial charge in [-0.1, -0.05) is 81.4 Å². The number of carbonyl (C=O) groups excluding carboxylic acids is 2. The molecular weight excluding hydrogens is 632 g/mol. The van der Waals surface area contributed by atoms with Crippen LogP contribution in [0, 0.1) is 5.41 Å². The minimum atomic E-state index is -4.43. The van der Waals surface area contributed by atoms with Crippen molar-refractivity contribution in [3.8, 4) is 11.1 Å². The molecule has 2 unspecified atom stereocenters. The predicted octanol–water partition coefficient (Wildman–Crippen LogP) is 5.85. The molecule has 0 spiro atoms. The second-order valence-electron chi connectivity index (χ2n) is 13.5. The smallest absolute Gasteiger partial charge is 0.418 e. The summed E-state index contributed by atoms with van der Waals surface area (Å²) in [7, 11) is -4.43. The molecule has 0 saturated carbocycles. The minimum Gasteiger partial charge on any atom is -0.480 e. The van der Waals surface area contributed by atoms with Crippen LogP contribution in [0.5, 0.6) is 0 Å². The second kappa shape index (κ2) is 13.7. The van der Waals surface area contributed by atoms with E-state index in [1.54, 1.807) is 53.7 Å². The molecule has 48 heavy (non-hydrogen) atoms. The summed E-state index contributed by atoms with van der Waals surface area (Å²) in [6.45, 7) is 9.44. The molecule has 4 rings (SSSR count). The summed E-state index contributed by atoms with van der Waals surface area (Å²) in [6.07, 6.45) is 1.16. The first-order valence-electron chi connectivity index (χ1n) is 15.2. The maximum absolute atomic E-state index is 14.3. The van der Waals surface area contributed by atoms with E-state index in [1.165, 1.54) is 42.7 Å². The lowest BCUT2D eigenvalue weighted by Gasteiger charge is -2.36. The number of ether oxygens (including phenoxy) is 1. The molecule has 0 aliphatic carbocycles. The van der Waals surface area contributed by atoms with Crippen LogP contribution in [0.2, 0.25) is 0 Å². The lowest BCUT2D eigenvalue weighted by molar-refractivity contribution is -0.146. The van der Waals surface area contributed by atoms with Gasteiger partial charge in [0.1, 0.15) is 17.3 Å². The van der Waals surface area contributed by atoms with Crippen molar-refractivity contribution in [2.24, 2.45) is 11.1 Å². The maximum atomic E-state index is 14.3. The highest BCUT2D eigenvalue weighted by molar-refractivity contribution is 7.92. The van der Waals surface area contributed by atoms with Crippen LogP contribution in [0.1, 0.15) is 63.3 Å². The third-order valence-electron chi connectivity index (χ3n) is 7.48. The number of hydrogen-bond acceptors (Lipinski definition) is 9. The summed E-state index contributed by atoms with van der Waals surface area (Å²) >= 11 is 0. The van der Waals surface area contributed by atoms with Crippen LogP contribution in [-0.2, 0) is 30.7 Å². The van der Waals surface area contributed by atoms with Gasteiger partial charge in [-0.3, -0.25) is 9.78 Å². The molecule has 4 aromatic rings. The molecule has 11 nitrogen and oxygen atoms in total. The molecule has 0 saturated heterocycles. The Bertz CT molecular complexity index is 1890. The van der Waals surface area contributed by atoms with Crippen LogP contribution in [0.3, 0.4) is 0 Å². The highest BCUT2D eigenvalue weighted by Crippen LogP contribution is 2.35. The highest BCUT2D eigenvalue weighted by atomic mass is 32.2. The van der Waals surface area contributed by atoms with Gasteiger partial charge in [0, 0.05) is 18.8 Å². The van der Waals surface area contributed by atoms with E-state index in [-0.39, 0.29) is 17.0 Å². The van der Waals surface area contributed by atoms with Gasteiger partial charge in [-0.05, 0) is 67.1 Å². The van der Waals surface area contributed by atoms with E-state index in [0.29, 0.717) is 10.5 Å². The second-order valence-corrected chi connectivity index (χ2v) is 15.7. The Morgan fingerprint density at radius 3 is 2.02 bits per heavy atom. The molecule has 2 heterocycles. The summed E-state index contributed by atoms with van der Waals surface area (Å²) < 4.78 is 34.1. The zero-order valence-corrected chi connectivity index (χ0v) is 28.6. The fourth-order valence-corrected chi connectivity index (χ4v) is 6.81. The number of pyridine rings is 2. The van der Waals surface area contributed by atoms with Crippen molar-refractivity contribution in [3.63, 3.8) is 0 Å². The molecule has 0 fully saturated rings. The number of rotatable bonds is 9. The number of carbonyl (C=O) groups is 3. The van der Waals surface area contributed by atoms with Crippen molar-refractivity contribution in [2.75, 3.05) is 0 Å². The number of benzene rings is 2. The van der Waals surface area contributed by atoms with Gasteiger partial charge < -0.3 is 15.6 Å². The molecule has 0 aliphatic heterocycles. The van der Waals surface area contributed by atoms with Gasteiger partial charge in [-0.15, -0.1) is 0 Å². The van der Waals surface area contributed by atoms with Gasteiger partial charge >= 0.3 is 12.1 Å². The number of aromatic nitrogens is 2. The van der Waals surface area contributed by atoms with E-state index in [4.69, 9.17) is 10.5 Å². The number of hydrogen-bond donors (Lipinski definition) is 2. The molecule has 0 radical (unpaired) electrons. The number of sulfone groups is 1. The molecule has 0 aliphatic rings. The summed E-state index contributed by atoms with van der Waals surface area (Å²) in [4.78, 5) is 46.5. The van der Waals surface area contributed by atoms with Crippen molar-refractivity contribution in [1.29, 1.82) is 0 Å². The van der Waals surface area contributed by atoms with E-state index < -0.39 is 55.4 Å². The summed E-state index contributed by atoms with van der Waals surface area (Å²) in [5.41, 5.74) is 6.56. The first-order chi connectivity index (χ1) is 22.3. The third-order valence-corrected chi connectivity index (χ3v) is 9.65. The third kappa shape index (κ3) is 7.77. The van der Waals surface area contributed by atoms with Crippen molar-refractivity contribution in [1.82, 2.24) is 14.9 Å². The zero-order valence-electron chi connectivity index (χ0n) is 27.7. The number of carboxylic acids is 1.